The quantitative estimate of drug-likeness (QED) is 0.187. The molecule has 1 N–H and O–H groups in total. The molecule has 0 atom stereocenters. The molecule has 0 spiro atoms. The molecule has 0 radical (unpaired) electrons. The van der Waals surface area contributed by atoms with Crippen LogP contribution in [0.2, 0.25) is 0 Å². The first-order valence-corrected chi connectivity index (χ1v) is 18.1. The second-order valence-electron chi connectivity index (χ2n) is 12.6. The Morgan fingerprint density at radius 1 is 0.365 bits per heavy atom. The highest BCUT2D eigenvalue weighted by molar-refractivity contribution is 7.54. The van der Waals surface area contributed by atoms with Crippen molar-refractivity contribution >= 4 is 84.9 Å². The SMILES string of the molecule is c1ccc2c(c1)[nH]c1ccccc12.c1ccc2c(c1)c1ccccc1n2-c1cncc(Pc2cncc(-n3c4ccccc4c4ccccc43)n2)n1. The average molecular weight is 688 g/mol. The van der Waals surface area contributed by atoms with E-state index in [4.69, 9.17) is 9.97 Å². The van der Waals surface area contributed by atoms with Crippen LogP contribution in [0.4, 0.5) is 0 Å². The monoisotopic (exact) mass is 687 g/mol. The van der Waals surface area contributed by atoms with E-state index in [-0.39, 0.29) is 8.58 Å². The highest BCUT2D eigenvalue weighted by Gasteiger charge is 2.15. The molecule has 7 nitrogen and oxygen atoms in total. The number of aromatic nitrogens is 7. The minimum absolute atomic E-state index is 0.212. The first-order valence-electron chi connectivity index (χ1n) is 17.1. The first kappa shape index (κ1) is 30.2. The van der Waals surface area contributed by atoms with Crippen LogP contribution < -0.4 is 10.9 Å². The van der Waals surface area contributed by atoms with Gasteiger partial charge in [-0.1, -0.05) is 109 Å². The van der Waals surface area contributed by atoms with Crippen LogP contribution in [0.5, 0.6) is 0 Å². The smallest absolute Gasteiger partial charge is 0.156 e. The molecule has 0 amide bonds. The molecule has 0 aliphatic rings. The molecule has 11 rings (SSSR count). The van der Waals surface area contributed by atoms with E-state index in [1.165, 1.54) is 43.4 Å². The normalized spacial score (nSPS) is 11.5. The third kappa shape index (κ3) is 5.10. The topological polar surface area (TPSA) is 77.2 Å². The predicted molar refractivity (Wildman–Crippen MR) is 216 cm³/mol. The summed E-state index contributed by atoms with van der Waals surface area (Å²) in [5.41, 5.74) is 8.60. The fourth-order valence-electron chi connectivity index (χ4n) is 7.32. The third-order valence-electron chi connectivity index (χ3n) is 9.53. The highest BCUT2D eigenvalue weighted by atomic mass is 31.1. The van der Waals surface area contributed by atoms with Crippen molar-refractivity contribution in [3.05, 3.63) is 170 Å². The van der Waals surface area contributed by atoms with Crippen molar-refractivity contribution in [3.8, 4) is 11.6 Å². The fraction of sp³-hybridized carbons (Fsp3) is 0. The number of hydrogen-bond acceptors (Lipinski definition) is 4. The Balaban J connectivity index is 0.000000218. The summed E-state index contributed by atoms with van der Waals surface area (Å²) in [5.74, 6) is 1.59. The van der Waals surface area contributed by atoms with E-state index in [0.29, 0.717) is 0 Å². The minimum Gasteiger partial charge on any atom is -0.355 e. The Morgan fingerprint density at radius 2 is 0.692 bits per heavy atom. The van der Waals surface area contributed by atoms with Gasteiger partial charge < -0.3 is 4.98 Å². The molecule has 0 saturated carbocycles. The van der Waals surface area contributed by atoms with Gasteiger partial charge in [0.05, 0.1) is 57.7 Å². The van der Waals surface area contributed by atoms with Gasteiger partial charge in [-0.3, -0.25) is 19.1 Å². The largest absolute Gasteiger partial charge is 0.355 e. The summed E-state index contributed by atoms with van der Waals surface area (Å²) in [5, 5.41) is 7.41. The van der Waals surface area contributed by atoms with E-state index in [1.54, 1.807) is 0 Å². The van der Waals surface area contributed by atoms with Crippen molar-refractivity contribution in [2.45, 2.75) is 0 Å². The summed E-state index contributed by atoms with van der Waals surface area (Å²) in [7, 11) is 0.212. The lowest BCUT2D eigenvalue weighted by molar-refractivity contribution is 1.06. The fourth-order valence-corrected chi connectivity index (χ4v) is 8.20. The second-order valence-corrected chi connectivity index (χ2v) is 13.9. The maximum atomic E-state index is 5.04. The van der Waals surface area contributed by atoms with Gasteiger partial charge in [0.1, 0.15) is 0 Å². The zero-order valence-corrected chi connectivity index (χ0v) is 28.8. The van der Waals surface area contributed by atoms with Gasteiger partial charge in [-0.15, -0.1) is 0 Å². The molecule has 8 heteroatoms. The van der Waals surface area contributed by atoms with E-state index >= 15 is 0 Å². The van der Waals surface area contributed by atoms with Crippen molar-refractivity contribution in [1.82, 2.24) is 34.1 Å². The maximum absolute atomic E-state index is 5.04. The van der Waals surface area contributed by atoms with E-state index in [0.717, 1.165) is 44.6 Å². The average Bonchev–Trinajstić information content (AvgIpc) is 3.86. The van der Waals surface area contributed by atoms with Crippen LogP contribution in [0.25, 0.3) is 77.1 Å². The predicted octanol–water partition coefficient (Wildman–Crippen LogP) is 9.41. The first-order chi connectivity index (χ1) is 25.8. The molecule has 0 fully saturated rings. The van der Waals surface area contributed by atoms with Crippen molar-refractivity contribution in [2.24, 2.45) is 0 Å². The standard InChI is InChI=1S/C32H21N6P.C12H9N/c1-5-13-25-21(9-1)22-10-2-6-14-26(22)37(25)29-17-33-19-31(35-29)39-32-20-34-18-30(36-32)38-27-15-7-3-11-23(27)24-12-4-8-16-28(24)38;1-3-7-11-9(5-1)10-6-2-4-8-12(10)13-11/h1-20,39H;1-8,13H. The van der Waals surface area contributed by atoms with E-state index in [9.17, 15) is 0 Å². The number of para-hydroxylation sites is 6. The van der Waals surface area contributed by atoms with Crippen LogP contribution in [0.1, 0.15) is 0 Å². The van der Waals surface area contributed by atoms with Crippen LogP contribution in [0.15, 0.2) is 170 Å². The zero-order chi connectivity index (χ0) is 34.4. The summed E-state index contributed by atoms with van der Waals surface area (Å²) in [6.07, 6.45) is 7.30. The summed E-state index contributed by atoms with van der Waals surface area (Å²) >= 11 is 0. The molecule has 0 bridgehead atoms. The molecule has 0 saturated heterocycles. The van der Waals surface area contributed by atoms with Crippen LogP contribution >= 0.6 is 8.58 Å². The second kappa shape index (κ2) is 12.6. The van der Waals surface area contributed by atoms with Crippen molar-refractivity contribution < 1.29 is 0 Å². The third-order valence-corrected chi connectivity index (χ3v) is 10.5. The molecule has 5 aromatic heterocycles. The number of fused-ring (bicyclic) bond motifs is 9. The summed E-state index contributed by atoms with van der Waals surface area (Å²) in [6, 6.07) is 50.5. The summed E-state index contributed by atoms with van der Waals surface area (Å²) in [4.78, 5) is 22.6. The number of hydrogen-bond donors (Lipinski definition) is 1. The molecular weight excluding hydrogens is 658 g/mol. The maximum Gasteiger partial charge on any atom is 0.156 e. The minimum atomic E-state index is 0.212. The lowest BCUT2D eigenvalue weighted by atomic mass is 10.2. The van der Waals surface area contributed by atoms with Gasteiger partial charge in [-0.05, 0) is 45.0 Å². The molecule has 52 heavy (non-hydrogen) atoms. The Kier molecular flexibility index (Phi) is 7.29. The Bertz CT molecular complexity index is 2770. The van der Waals surface area contributed by atoms with Crippen molar-refractivity contribution in [3.63, 3.8) is 0 Å². The Hall–Kier alpha value is -6.69. The lowest BCUT2D eigenvalue weighted by Gasteiger charge is -2.10. The zero-order valence-electron chi connectivity index (χ0n) is 27.8. The van der Waals surface area contributed by atoms with Gasteiger partial charge in [0, 0.05) is 43.4 Å². The Labute approximate surface area is 300 Å². The Morgan fingerprint density at radius 3 is 1.08 bits per heavy atom. The number of aromatic amines is 1. The highest BCUT2D eigenvalue weighted by Crippen LogP contribution is 2.32. The van der Waals surface area contributed by atoms with Gasteiger partial charge in [-0.25, -0.2) is 9.97 Å². The number of nitrogens with zero attached hydrogens (tertiary/aromatic N) is 6. The number of nitrogens with one attached hydrogen (secondary N) is 1. The van der Waals surface area contributed by atoms with Crippen LogP contribution in [0, 0.1) is 0 Å². The van der Waals surface area contributed by atoms with Crippen LogP contribution in [-0.2, 0) is 0 Å². The van der Waals surface area contributed by atoms with E-state index in [1.807, 2.05) is 24.8 Å². The molecule has 0 aliphatic heterocycles. The van der Waals surface area contributed by atoms with Crippen molar-refractivity contribution in [2.75, 3.05) is 0 Å². The molecule has 11 aromatic rings. The molecule has 0 unspecified atom stereocenters. The van der Waals surface area contributed by atoms with Gasteiger partial charge in [0.2, 0.25) is 0 Å². The molecular formula is C44H30N7P. The van der Waals surface area contributed by atoms with Crippen molar-refractivity contribution in [1.29, 1.82) is 0 Å². The van der Waals surface area contributed by atoms with Gasteiger partial charge >= 0.3 is 0 Å². The molecule has 5 heterocycles. The number of rotatable bonds is 4. The summed E-state index contributed by atoms with van der Waals surface area (Å²) < 4.78 is 4.37. The van der Waals surface area contributed by atoms with Crippen LogP contribution in [0.3, 0.4) is 0 Å². The van der Waals surface area contributed by atoms with Gasteiger partial charge in [0.25, 0.3) is 0 Å². The van der Waals surface area contributed by atoms with Crippen LogP contribution in [-0.4, -0.2) is 34.1 Å². The van der Waals surface area contributed by atoms with Gasteiger partial charge in [0.15, 0.2) is 11.6 Å². The number of H-pyrrole nitrogens is 1. The molecule has 6 aromatic carbocycles. The lowest BCUT2D eigenvalue weighted by Crippen LogP contribution is -2.15. The molecule has 0 aliphatic carbocycles. The number of benzene rings is 6. The van der Waals surface area contributed by atoms with E-state index in [2.05, 4.69) is 170 Å². The summed E-state index contributed by atoms with van der Waals surface area (Å²) in [6.45, 7) is 0. The van der Waals surface area contributed by atoms with Gasteiger partial charge in [-0.2, -0.15) is 0 Å². The molecule has 246 valence electrons. The van der Waals surface area contributed by atoms with E-state index < -0.39 is 0 Å².